The minimum Gasteiger partial charge on any atom is -0.508 e. The number of hydrogen-bond donors (Lipinski definition) is 3. The lowest BCUT2D eigenvalue weighted by molar-refractivity contribution is 0.0664. The van der Waals surface area contributed by atoms with Crippen LogP contribution in [0.1, 0.15) is 18.7 Å². The summed E-state index contributed by atoms with van der Waals surface area (Å²) in [5, 5.41) is 13.3. The number of ether oxygens (including phenoxy) is 1. The van der Waals surface area contributed by atoms with Crippen LogP contribution in [0.15, 0.2) is 57.3 Å². The Balaban J connectivity index is 1.75. The molecule has 1 aromatic rings. The van der Waals surface area contributed by atoms with Crippen LogP contribution >= 0.6 is 0 Å². The van der Waals surface area contributed by atoms with Crippen LogP contribution in [0.5, 0.6) is 5.75 Å². The molecule has 3 heterocycles. The summed E-state index contributed by atoms with van der Waals surface area (Å²) >= 11 is 0. The van der Waals surface area contributed by atoms with Crippen molar-refractivity contribution in [1.29, 1.82) is 0 Å². The van der Waals surface area contributed by atoms with Crippen molar-refractivity contribution >= 4 is 12.1 Å². The lowest BCUT2D eigenvalue weighted by Gasteiger charge is -2.39. The van der Waals surface area contributed by atoms with Crippen molar-refractivity contribution in [2.75, 3.05) is 26.3 Å². The summed E-state index contributed by atoms with van der Waals surface area (Å²) in [5.74, 6) is 1.15. The van der Waals surface area contributed by atoms with Crippen molar-refractivity contribution in [3.8, 4) is 5.75 Å². The van der Waals surface area contributed by atoms with E-state index in [-0.39, 0.29) is 18.0 Å². The number of fused-ring (bicyclic) bond motifs is 1. The number of dihydropyridines is 1. The van der Waals surface area contributed by atoms with Gasteiger partial charge in [-0.05, 0) is 30.7 Å². The number of phenols is 1. The molecule has 1 saturated heterocycles. The Labute approximate surface area is 152 Å². The lowest BCUT2D eigenvalue weighted by Crippen LogP contribution is -2.51. The standard InChI is InChI=1S/C19H23N5O2/c1-12(20)14-10-16-17(21-11-14)19(24-5-7-26-8-6-24)23-18(22-16)13-3-2-4-15(25)9-13/h2-4,9-11,17-18,22,25H,5-8,20H2,1H3. The number of nitrogens with two attached hydrogens (primary N) is 1. The minimum absolute atomic E-state index is 0.162. The Morgan fingerprint density at radius 3 is 2.88 bits per heavy atom. The van der Waals surface area contributed by atoms with Gasteiger partial charge in [0.05, 0.1) is 13.2 Å². The van der Waals surface area contributed by atoms with Gasteiger partial charge in [0.15, 0.2) is 0 Å². The smallest absolute Gasteiger partial charge is 0.146 e. The number of amidine groups is 1. The van der Waals surface area contributed by atoms with Crippen LogP contribution in [0, 0.1) is 0 Å². The average Bonchev–Trinajstić information content (AvgIpc) is 2.67. The van der Waals surface area contributed by atoms with E-state index in [2.05, 4.69) is 10.2 Å². The molecular formula is C19H23N5O2. The Morgan fingerprint density at radius 1 is 1.35 bits per heavy atom. The molecule has 0 aromatic heterocycles. The van der Waals surface area contributed by atoms with Gasteiger partial charge in [-0.3, -0.25) is 4.99 Å². The van der Waals surface area contributed by atoms with Gasteiger partial charge in [0.1, 0.15) is 23.8 Å². The van der Waals surface area contributed by atoms with Crippen LogP contribution in [0.4, 0.5) is 0 Å². The largest absolute Gasteiger partial charge is 0.508 e. The molecule has 0 spiro atoms. The number of allylic oxidation sites excluding steroid dienone is 3. The van der Waals surface area contributed by atoms with E-state index in [1.807, 2.05) is 31.3 Å². The molecule has 7 heteroatoms. The fourth-order valence-corrected chi connectivity index (χ4v) is 3.35. The third kappa shape index (κ3) is 3.17. The topological polar surface area (TPSA) is 95.5 Å². The quantitative estimate of drug-likeness (QED) is 0.707. The fraction of sp³-hybridized carbons (Fsp3) is 0.368. The van der Waals surface area contributed by atoms with Crippen molar-refractivity contribution in [2.24, 2.45) is 15.7 Å². The molecule has 3 aliphatic rings. The van der Waals surface area contributed by atoms with Crippen LogP contribution in [0.3, 0.4) is 0 Å². The second-order valence-electron chi connectivity index (χ2n) is 6.65. The second kappa shape index (κ2) is 6.84. The van der Waals surface area contributed by atoms with Crippen LogP contribution < -0.4 is 11.1 Å². The Kier molecular flexibility index (Phi) is 4.38. The van der Waals surface area contributed by atoms with E-state index in [1.165, 1.54) is 0 Å². The maximum absolute atomic E-state index is 9.84. The van der Waals surface area contributed by atoms with Crippen molar-refractivity contribution < 1.29 is 9.84 Å². The van der Waals surface area contributed by atoms with Gasteiger partial charge in [-0.2, -0.15) is 0 Å². The molecule has 26 heavy (non-hydrogen) atoms. The van der Waals surface area contributed by atoms with E-state index >= 15 is 0 Å². The number of aromatic hydroxyl groups is 1. The summed E-state index contributed by atoms with van der Waals surface area (Å²) in [7, 11) is 0. The molecule has 4 rings (SSSR count). The van der Waals surface area contributed by atoms with Gasteiger partial charge in [0.25, 0.3) is 0 Å². The predicted molar refractivity (Wildman–Crippen MR) is 101 cm³/mol. The van der Waals surface area contributed by atoms with Crippen molar-refractivity contribution in [3.05, 3.63) is 52.9 Å². The summed E-state index contributed by atoms with van der Waals surface area (Å²) in [4.78, 5) is 11.9. The molecule has 4 N–H and O–H groups in total. The zero-order valence-corrected chi connectivity index (χ0v) is 14.7. The van der Waals surface area contributed by atoms with Gasteiger partial charge in [-0.1, -0.05) is 12.1 Å². The van der Waals surface area contributed by atoms with Gasteiger partial charge >= 0.3 is 0 Å². The molecule has 1 aromatic carbocycles. The molecule has 2 atom stereocenters. The van der Waals surface area contributed by atoms with Crippen molar-refractivity contribution in [2.45, 2.75) is 19.1 Å². The maximum Gasteiger partial charge on any atom is 0.146 e. The maximum atomic E-state index is 9.84. The first-order chi connectivity index (χ1) is 12.6. The Hall–Kier alpha value is -2.80. The number of phenolic OH excluding ortho intramolecular Hbond substituents is 1. The van der Waals surface area contributed by atoms with Crippen LogP contribution in [-0.4, -0.2) is 54.4 Å². The summed E-state index contributed by atoms with van der Waals surface area (Å²) in [6.45, 7) is 4.83. The second-order valence-corrected chi connectivity index (χ2v) is 6.65. The Bertz CT molecular complexity index is 817. The van der Waals surface area contributed by atoms with Gasteiger partial charge in [0, 0.05) is 36.3 Å². The highest BCUT2D eigenvalue weighted by molar-refractivity contribution is 5.97. The summed E-state index contributed by atoms with van der Waals surface area (Å²) in [5.41, 5.74) is 9.46. The van der Waals surface area contributed by atoms with Crippen molar-refractivity contribution in [3.63, 3.8) is 0 Å². The Morgan fingerprint density at radius 2 is 2.15 bits per heavy atom. The molecule has 1 fully saturated rings. The van der Waals surface area contributed by atoms with Crippen molar-refractivity contribution in [1.82, 2.24) is 10.2 Å². The number of benzene rings is 1. The van der Waals surface area contributed by atoms with Gasteiger partial charge in [-0.15, -0.1) is 0 Å². The van der Waals surface area contributed by atoms with E-state index in [4.69, 9.17) is 20.5 Å². The first-order valence-electron chi connectivity index (χ1n) is 8.79. The lowest BCUT2D eigenvalue weighted by atomic mass is 10.0. The number of aliphatic imine (C=N–C) groups is 2. The zero-order valence-electron chi connectivity index (χ0n) is 14.7. The molecule has 0 saturated carbocycles. The summed E-state index contributed by atoms with van der Waals surface area (Å²) in [6, 6.07) is 7.01. The molecular weight excluding hydrogens is 330 g/mol. The number of nitrogens with one attached hydrogen (secondary N) is 1. The monoisotopic (exact) mass is 353 g/mol. The molecule has 7 nitrogen and oxygen atoms in total. The third-order valence-corrected chi connectivity index (χ3v) is 4.75. The zero-order chi connectivity index (χ0) is 18.1. The fourth-order valence-electron chi connectivity index (χ4n) is 3.35. The average molecular weight is 353 g/mol. The SMILES string of the molecule is CC(N)=C1C=NC2C(=C1)NC(c1cccc(O)c1)N=C2N1CCOCC1. The molecule has 136 valence electrons. The van der Waals surface area contributed by atoms with Gasteiger partial charge < -0.3 is 25.8 Å². The highest BCUT2D eigenvalue weighted by Crippen LogP contribution is 2.29. The molecule has 3 aliphatic heterocycles. The minimum atomic E-state index is -0.282. The van der Waals surface area contributed by atoms with E-state index in [1.54, 1.807) is 12.1 Å². The van der Waals surface area contributed by atoms with Crippen LogP contribution in [0.2, 0.25) is 0 Å². The van der Waals surface area contributed by atoms with Gasteiger partial charge in [0.2, 0.25) is 0 Å². The number of morpholine rings is 1. The predicted octanol–water partition coefficient (Wildman–Crippen LogP) is 1.29. The van der Waals surface area contributed by atoms with E-state index in [0.29, 0.717) is 13.2 Å². The molecule has 0 amide bonds. The number of rotatable bonds is 1. The molecule has 0 radical (unpaired) electrons. The first kappa shape index (κ1) is 16.7. The highest BCUT2D eigenvalue weighted by Gasteiger charge is 2.34. The summed E-state index contributed by atoms with van der Waals surface area (Å²) < 4.78 is 5.48. The third-order valence-electron chi connectivity index (χ3n) is 4.75. The molecule has 2 unspecified atom stereocenters. The first-order valence-corrected chi connectivity index (χ1v) is 8.79. The molecule has 0 bridgehead atoms. The number of nitrogens with zero attached hydrogens (tertiary/aromatic N) is 3. The van der Waals surface area contributed by atoms with E-state index < -0.39 is 0 Å². The van der Waals surface area contributed by atoms with E-state index in [0.717, 1.165) is 41.5 Å². The van der Waals surface area contributed by atoms with Gasteiger partial charge in [-0.25, -0.2) is 4.99 Å². The molecule has 0 aliphatic carbocycles. The number of hydrogen-bond acceptors (Lipinski definition) is 7. The van der Waals surface area contributed by atoms with Crippen LogP contribution in [0.25, 0.3) is 0 Å². The van der Waals surface area contributed by atoms with Crippen LogP contribution in [-0.2, 0) is 4.74 Å². The van der Waals surface area contributed by atoms with E-state index in [9.17, 15) is 5.11 Å². The highest BCUT2D eigenvalue weighted by atomic mass is 16.5. The summed E-state index contributed by atoms with van der Waals surface area (Å²) in [6.07, 6.45) is 3.57. The normalized spacial score (nSPS) is 27.2.